The van der Waals surface area contributed by atoms with Gasteiger partial charge in [-0.3, -0.25) is 9.59 Å². The van der Waals surface area contributed by atoms with Gasteiger partial charge in [-0.25, -0.2) is 4.98 Å². The fourth-order valence-corrected chi connectivity index (χ4v) is 5.37. The van der Waals surface area contributed by atoms with Gasteiger partial charge in [-0.1, -0.05) is 20.3 Å². The molecule has 0 aromatic carbocycles. The number of aryl methyl sites for hydroxylation is 2. The fraction of sp³-hybridized carbons (Fsp3) is 0.550. The highest BCUT2D eigenvalue weighted by Crippen LogP contribution is 2.25. The second-order valence-corrected chi connectivity index (χ2v) is 9.05. The van der Waals surface area contributed by atoms with Crippen molar-refractivity contribution in [2.45, 2.75) is 65.5 Å². The quantitative estimate of drug-likeness (QED) is 0.759. The van der Waals surface area contributed by atoms with Crippen LogP contribution in [0.2, 0.25) is 0 Å². The number of carbonyl (C=O) groups is 2. The van der Waals surface area contributed by atoms with Crippen LogP contribution in [0, 0.1) is 6.92 Å². The van der Waals surface area contributed by atoms with E-state index in [4.69, 9.17) is 0 Å². The summed E-state index contributed by atoms with van der Waals surface area (Å²) in [7, 11) is 0. The summed E-state index contributed by atoms with van der Waals surface area (Å²) in [6, 6.07) is 1.63. The van der Waals surface area contributed by atoms with E-state index in [-0.39, 0.29) is 11.8 Å². The molecule has 3 heterocycles. The number of hydrogen-bond acceptors (Lipinski definition) is 5. The van der Waals surface area contributed by atoms with Crippen LogP contribution in [0.1, 0.15) is 63.9 Å². The third-order valence-corrected chi connectivity index (χ3v) is 7.05. The maximum absolute atomic E-state index is 13.1. The minimum Gasteiger partial charge on any atom is -0.339 e. The van der Waals surface area contributed by atoms with E-state index in [9.17, 15) is 9.59 Å². The monoisotopic (exact) mass is 405 g/mol. The van der Waals surface area contributed by atoms with Gasteiger partial charge in [-0.05, 0) is 49.6 Å². The Morgan fingerprint density at radius 2 is 2.15 bits per heavy atom. The average molecular weight is 406 g/mol. The Bertz CT molecular complexity index is 812. The first-order valence-corrected chi connectivity index (χ1v) is 11.3. The van der Waals surface area contributed by atoms with E-state index >= 15 is 0 Å². The highest BCUT2D eigenvalue weighted by atomic mass is 32.1. The fourth-order valence-electron chi connectivity index (χ4n) is 3.41. The van der Waals surface area contributed by atoms with E-state index in [1.54, 1.807) is 11.3 Å². The molecule has 1 N–H and O–H groups in total. The summed E-state index contributed by atoms with van der Waals surface area (Å²) >= 11 is 3.21. The van der Waals surface area contributed by atoms with Crippen LogP contribution in [0.5, 0.6) is 0 Å². The van der Waals surface area contributed by atoms with E-state index in [2.05, 4.69) is 28.7 Å². The number of hydrogen-bond donors (Lipinski definition) is 1. The number of fused-ring (bicyclic) bond motifs is 1. The Morgan fingerprint density at radius 1 is 1.33 bits per heavy atom. The lowest BCUT2D eigenvalue weighted by Crippen LogP contribution is -2.49. The van der Waals surface area contributed by atoms with E-state index in [1.807, 2.05) is 18.7 Å². The first-order valence-electron chi connectivity index (χ1n) is 9.64. The molecule has 1 atom stereocenters. The van der Waals surface area contributed by atoms with Gasteiger partial charge in [0.1, 0.15) is 10.9 Å². The van der Waals surface area contributed by atoms with Gasteiger partial charge in [-0.15, -0.1) is 22.7 Å². The van der Waals surface area contributed by atoms with Crippen molar-refractivity contribution in [3.8, 4) is 0 Å². The van der Waals surface area contributed by atoms with Crippen molar-refractivity contribution in [3.63, 3.8) is 0 Å². The highest BCUT2D eigenvalue weighted by molar-refractivity contribution is 7.13. The molecule has 1 unspecified atom stereocenters. The Balaban J connectivity index is 1.70. The second-order valence-electron chi connectivity index (χ2n) is 6.97. The first-order chi connectivity index (χ1) is 13.0. The molecule has 0 radical (unpaired) electrons. The van der Waals surface area contributed by atoms with Crippen LogP contribution in [0.4, 0.5) is 0 Å². The van der Waals surface area contributed by atoms with Gasteiger partial charge in [0.05, 0.1) is 10.7 Å². The van der Waals surface area contributed by atoms with Crippen molar-refractivity contribution in [2.24, 2.45) is 0 Å². The van der Waals surface area contributed by atoms with E-state index in [1.165, 1.54) is 21.8 Å². The number of nitrogens with zero attached hydrogens (tertiary/aromatic N) is 2. The minimum absolute atomic E-state index is 0.0259. The van der Waals surface area contributed by atoms with Gasteiger partial charge < -0.3 is 10.2 Å². The van der Waals surface area contributed by atoms with Crippen LogP contribution >= 0.6 is 22.7 Å². The van der Waals surface area contributed by atoms with Gasteiger partial charge >= 0.3 is 0 Å². The highest BCUT2D eigenvalue weighted by Gasteiger charge is 2.29. The molecule has 27 heavy (non-hydrogen) atoms. The number of rotatable bonds is 7. The van der Waals surface area contributed by atoms with Crippen LogP contribution in [0.3, 0.4) is 0 Å². The maximum Gasteiger partial charge on any atom is 0.263 e. The summed E-state index contributed by atoms with van der Waals surface area (Å²) in [4.78, 5) is 34.3. The second kappa shape index (κ2) is 8.97. The molecule has 3 rings (SSSR count). The zero-order chi connectivity index (χ0) is 19.4. The summed E-state index contributed by atoms with van der Waals surface area (Å²) in [6.07, 6.45) is 4.28. The van der Waals surface area contributed by atoms with E-state index < -0.39 is 6.04 Å². The van der Waals surface area contributed by atoms with Crippen molar-refractivity contribution < 1.29 is 9.59 Å². The zero-order valence-corrected chi connectivity index (χ0v) is 17.8. The summed E-state index contributed by atoms with van der Waals surface area (Å²) in [5.74, 6) is -0.148. The van der Waals surface area contributed by atoms with Crippen LogP contribution in [-0.2, 0) is 24.2 Å². The molecule has 0 spiro atoms. The van der Waals surface area contributed by atoms with Crippen molar-refractivity contribution in [1.29, 1.82) is 0 Å². The van der Waals surface area contributed by atoms with Crippen molar-refractivity contribution in [2.75, 3.05) is 6.54 Å². The Labute approximate surface area is 168 Å². The molecule has 1 aliphatic rings. The van der Waals surface area contributed by atoms with Crippen LogP contribution < -0.4 is 5.32 Å². The van der Waals surface area contributed by atoms with E-state index in [0.29, 0.717) is 17.8 Å². The standard InChI is InChI=1S/C20H27N3O2S2/c1-4-6-15(20(25)23-10-8-16-14(12-23)9-11-26-16)22-19(24)18-13(3)21-17(27-18)7-5-2/h9,11,15H,4-8,10,12H2,1-3H3,(H,22,24). The average Bonchev–Trinajstić information content (AvgIpc) is 3.26. The smallest absolute Gasteiger partial charge is 0.263 e. The normalized spacial score (nSPS) is 14.7. The summed E-state index contributed by atoms with van der Waals surface area (Å²) in [6.45, 7) is 7.38. The third-order valence-electron chi connectivity index (χ3n) is 4.81. The largest absolute Gasteiger partial charge is 0.339 e. The molecule has 0 saturated heterocycles. The lowest BCUT2D eigenvalue weighted by Gasteiger charge is -2.30. The summed E-state index contributed by atoms with van der Waals surface area (Å²) in [5, 5.41) is 6.06. The van der Waals surface area contributed by atoms with Crippen LogP contribution in [0.25, 0.3) is 0 Å². The Kier molecular flexibility index (Phi) is 6.65. The lowest BCUT2D eigenvalue weighted by molar-refractivity contribution is -0.134. The molecule has 0 aliphatic carbocycles. The molecular weight excluding hydrogens is 378 g/mol. The molecule has 0 bridgehead atoms. The van der Waals surface area contributed by atoms with E-state index in [0.717, 1.165) is 42.9 Å². The number of thiophene rings is 1. The molecule has 0 fully saturated rings. The molecule has 2 aromatic rings. The third kappa shape index (κ3) is 4.58. The van der Waals surface area contributed by atoms with Crippen LogP contribution in [0.15, 0.2) is 11.4 Å². The van der Waals surface area contributed by atoms with Crippen LogP contribution in [-0.4, -0.2) is 34.3 Å². The predicted molar refractivity (Wildman–Crippen MR) is 110 cm³/mol. The predicted octanol–water partition coefficient (Wildman–Crippen LogP) is 3.95. The number of nitrogens with one attached hydrogen (secondary N) is 1. The molecule has 2 amide bonds. The lowest BCUT2D eigenvalue weighted by atomic mass is 10.1. The van der Waals surface area contributed by atoms with Gasteiger partial charge in [0.15, 0.2) is 0 Å². The molecular formula is C20H27N3O2S2. The molecule has 146 valence electrons. The summed E-state index contributed by atoms with van der Waals surface area (Å²) < 4.78 is 0. The number of aromatic nitrogens is 1. The van der Waals surface area contributed by atoms with Gasteiger partial charge in [0, 0.05) is 18.0 Å². The minimum atomic E-state index is -0.473. The Morgan fingerprint density at radius 3 is 2.89 bits per heavy atom. The van der Waals surface area contributed by atoms with Crippen molar-refractivity contribution in [3.05, 3.63) is 37.5 Å². The topological polar surface area (TPSA) is 62.3 Å². The maximum atomic E-state index is 13.1. The first kappa shape index (κ1) is 20.0. The SMILES string of the molecule is CCCc1nc(C)c(C(=O)NC(CCC)C(=O)N2CCc3sccc3C2)s1. The summed E-state index contributed by atoms with van der Waals surface area (Å²) in [5.41, 5.74) is 1.99. The van der Waals surface area contributed by atoms with Gasteiger partial charge in [-0.2, -0.15) is 0 Å². The number of thiazole rings is 1. The number of carbonyl (C=O) groups excluding carboxylic acids is 2. The number of amides is 2. The molecule has 1 aliphatic heterocycles. The zero-order valence-electron chi connectivity index (χ0n) is 16.2. The molecule has 0 saturated carbocycles. The molecule has 7 heteroatoms. The Hall–Kier alpha value is -1.73. The molecule has 5 nitrogen and oxygen atoms in total. The van der Waals surface area contributed by atoms with Gasteiger partial charge in [0.25, 0.3) is 5.91 Å². The molecule has 2 aromatic heterocycles. The van der Waals surface area contributed by atoms with Crippen molar-refractivity contribution in [1.82, 2.24) is 15.2 Å². The van der Waals surface area contributed by atoms with Crippen molar-refractivity contribution >= 4 is 34.5 Å². The van der Waals surface area contributed by atoms with Gasteiger partial charge in [0.2, 0.25) is 5.91 Å².